The quantitative estimate of drug-likeness (QED) is 0.840. The zero-order valence-electron chi connectivity index (χ0n) is 9.81. The van der Waals surface area contributed by atoms with E-state index in [1.165, 1.54) is 10.4 Å². The van der Waals surface area contributed by atoms with Crippen molar-refractivity contribution in [2.75, 3.05) is 7.05 Å². The molecule has 0 aliphatic carbocycles. The molecule has 0 saturated carbocycles. The molecule has 0 amide bonds. The molecule has 2 nitrogen and oxygen atoms in total. The number of hydrogen-bond donors (Lipinski definition) is 1. The van der Waals surface area contributed by atoms with Gasteiger partial charge in [-0.1, -0.05) is 13.0 Å². The predicted molar refractivity (Wildman–Crippen MR) is 69.9 cm³/mol. The fourth-order valence-corrected chi connectivity index (χ4v) is 2.67. The maximum absolute atomic E-state index is 3.33. The van der Waals surface area contributed by atoms with Crippen LogP contribution in [0.3, 0.4) is 0 Å². The van der Waals surface area contributed by atoms with Crippen molar-refractivity contribution in [2.24, 2.45) is 0 Å². The molecule has 86 valence electrons. The molecule has 2 heterocycles. The number of rotatable bonds is 5. The summed E-state index contributed by atoms with van der Waals surface area (Å²) in [6.07, 6.45) is 5.53. The van der Waals surface area contributed by atoms with Gasteiger partial charge >= 0.3 is 0 Å². The molecule has 0 bridgehead atoms. The van der Waals surface area contributed by atoms with Crippen molar-refractivity contribution in [1.29, 1.82) is 0 Å². The SMILES string of the molecule is CCC(NC)c1ccn(Cc2cccs2)c1. The van der Waals surface area contributed by atoms with Crippen molar-refractivity contribution >= 4 is 11.3 Å². The van der Waals surface area contributed by atoms with Crippen LogP contribution >= 0.6 is 11.3 Å². The summed E-state index contributed by atoms with van der Waals surface area (Å²) >= 11 is 1.81. The van der Waals surface area contributed by atoms with Gasteiger partial charge in [-0.2, -0.15) is 0 Å². The van der Waals surface area contributed by atoms with Crippen LogP contribution < -0.4 is 5.32 Å². The zero-order valence-corrected chi connectivity index (χ0v) is 10.6. The summed E-state index contributed by atoms with van der Waals surface area (Å²) in [5, 5.41) is 5.46. The van der Waals surface area contributed by atoms with Crippen molar-refractivity contribution < 1.29 is 0 Å². The van der Waals surface area contributed by atoms with Crippen molar-refractivity contribution in [1.82, 2.24) is 9.88 Å². The number of nitrogens with one attached hydrogen (secondary N) is 1. The average molecular weight is 234 g/mol. The molecule has 2 aromatic heterocycles. The molecule has 0 spiro atoms. The smallest absolute Gasteiger partial charge is 0.0563 e. The molecule has 2 aromatic rings. The van der Waals surface area contributed by atoms with E-state index in [4.69, 9.17) is 0 Å². The van der Waals surface area contributed by atoms with Crippen LogP contribution in [0.25, 0.3) is 0 Å². The van der Waals surface area contributed by atoms with E-state index in [9.17, 15) is 0 Å². The molecule has 1 unspecified atom stereocenters. The van der Waals surface area contributed by atoms with Crippen molar-refractivity contribution in [3.05, 3.63) is 46.4 Å². The Hall–Kier alpha value is -1.06. The van der Waals surface area contributed by atoms with E-state index >= 15 is 0 Å². The van der Waals surface area contributed by atoms with Crippen LogP contribution in [-0.2, 0) is 6.54 Å². The van der Waals surface area contributed by atoms with Crippen LogP contribution in [0, 0.1) is 0 Å². The number of hydrogen-bond acceptors (Lipinski definition) is 2. The first-order chi connectivity index (χ1) is 7.83. The molecule has 0 aliphatic heterocycles. The van der Waals surface area contributed by atoms with E-state index in [-0.39, 0.29) is 0 Å². The van der Waals surface area contributed by atoms with Gasteiger partial charge in [0, 0.05) is 23.3 Å². The maximum Gasteiger partial charge on any atom is 0.0563 e. The van der Waals surface area contributed by atoms with Crippen LogP contribution in [0.2, 0.25) is 0 Å². The van der Waals surface area contributed by atoms with Crippen molar-refractivity contribution in [2.45, 2.75) is 25.9 Å². The Morgan fingerprint density at radius 2 is 2.31 bits per heavy atom. The van der Waals surface area contributed by atoms with E-state index in [1.807, 2.05) is 18.4 Å². The Balaban J connectivity index is 2.07. The Morgan fingerprint density at radius 3 is 2.94 bits per heavy atom. The van der Waals surface area contributed by atoms with Gasteiger partial charge in [-0.05, 0) is 36.5 Å². The molecule has 2 rings (SSSR count). The fraction of sp³-hybridized carbons (Fsp3) is 0.385. The minimum atomic E-state index is 0.476. The minimum absolute atomic E-state index is 0.476. The highest BCUT2D eigenvalue weighted by Gasteiger charge is 2.07. The third-order valence-electron chi connectivity index (χ3n) is 2.85. The highest BCUT2D eigenvalue weighted by molar-refractivity contribution is 7.09. The molecule has 1 N–H and O–H groups in total. The van der Waals surface area contributed by atoms with Gasteiger partial charge in [0.05, 0.1) is 6.54 Å². The summed E-state index contributed by atoms with van der Waals surface area (Å²) in [6.45, 7) is 3.19. The Morgan fingerprint density at radius 1 is 1.44 bits per heavy atom. The first-order valence-electron chi connectivity index (χ1n) is 5.68. The number of nitrogens with zero attached hydrogens (tertiary/aromatic N) is 1. The summed E-state index contributed by atoms with van der Waals surface area (Å²) in [5.41, 5.74) is 1.38. The van der Waals surface area contributed by atoms with Gasteiger partial charge in [-0.25, -0.2) is 0 Å². The summed E-state index contributed by atoms with van der Waals surface area (Å²) < 4.78 is 2.25. The molecule has 3 heteroatoms. The second-order valence-electron chi connectivity index (χ2n) is 3.95. The molecule has 0 fully saturated rings. The van der Waals surface area contributed by atoms with Gasteiger partial charge in [0.2, 0.25) is 0 Å². The molecule has 0 saturated heterocycles. The zero-order chi connectivity index (χ0) is 11.4. The van der Waals surface area contributed by atoms with Crippen molar-refractivity contribution in [3.8, 4) is 0 Å². The Labute approximate surface area is 101 Å². The Bertz CT molecular complexity index is 413. The highest BCUT2D eigenvalue weighted by atomic mass is 32.1. The fourth-order valence-electron chi connectivity index (χ4n) is 1.95. The first kappa shape index (κ1) is 11.4. The van der Waals surface area contributed by atoms with Crippen LogP contribution in [-0.4, -0.2) is 11.6 Å². The summed E-state index contributed by atoms with van der Waals surface area (Å²) in [7, 11) is 2.02. The van der Waals surface area contributed by atoms with E-state index in [0.29, 0.717) is 6.04 Å². The first-order valence-corrected chi connectivity index (χ1v) is 6.56. The van der Waals surface area contributed by atoms with Gasteiger partial charge in [0.15, 0.2) is 0 Å². The number of aromatic nitrogens is 1. The third kappa shape index (κ3) is 2.54. The molecular weight excluding hydrogens is 216 g/mol. The lowest BCUT2D eigenvalue weighted by atomic mass is 10.1. The summed E-state index contributed by atoms with van der Waals surface area (Å²) in [6, 6.07) is 6.97. The van der Waals surface area contributed by atoms with E-state index < -0.39 is 0 Å². The standard InChI is InChI=1S/C13H18N2S/c1-3-13(14-2)11-6-7-15(9-11)10-12-5-4-8-16-12/h4-9,13-14H,3,10H2,1-2H3. The normalized spacial score (nSPS) is 12.9. The van der Waals surface area contributed by atoms with E-state index in [2.05, 4.69) is 52.8 Å². The Kier molecular flexibility index (Phi) is 3.80. The minimum Gasteiger partial charge on any atom is -0.349 e. The molecule has 0 aromatic carbocycles. The van der Waals surface area contributed by atoms with Crippen LogP contribution in [0.15, 0.2) is 36.0 Å². The molecule has 0 radical (unpaired) electrons. The van der Waals surface area contributed by atoms with E-state index in [0.717, 1.165) is 13.0 Å². The summed E-state index contributed by atoms with van der Waals surface area (Å²) in [5.74, 6) is 0. The molecule has 0 aliphatic rings. The van der Waals surface area contributed by atoms with Gasteiger partial charge in [0.25, 0.3) is 0 Å². The predicted octanol–water partition coefficient (Wildman–Crippen LogP) is 3.27. The van der Waals surface area contributed by atoms with Crippen LogP contribution in [0.1, 0.15) is 29.8 Å². The molecular formula is C13H18N2S. The van der Waals surface area contributed by atoms with Gasteiger partial charge < -0.3 is 9.88 Å². The second-order valence-corrected chi connectivity index (χ2v) is 4.98. The molecule has 1 atom stereocenters. The van der Waals surface area contributed by atoms with E-state index in [1.54, 1.807) is 0 Å². The largest absolute Gasteiger partial charge is 0.349 e. The van der Waals surface area contributed by atoms with Gasteiger partial charge in [-0.15, -0.1) is 11.3 Å². The number of thiophene rings is 1. The summed E-state index contributed by atoms with van der Waals surface area (Å²) in [4.78, 5) is 1.40. The topological polar surface area (TPSA) is 17.0 Å². The average Bonchev–Trinajstić information content (AvgIpc) is 2.93. The maximum atomic E-state index is 3.33. The third-order valence-corrected chi connectivity index (χ3v) is 3.71. The van der Waals surface area contributed by atoms with Crippen molar-refractivity contribution in [3.63, 3.8) is 0 Å². The van der Waals surface area contributed by atoms with Gasteiger partial charge in [-0.3, -0.25) is 0 Å². The van der Waals surface area contributed by atoms with Gasteiger partial charge in [0.1, 0.15) is 0 Å². The van der Waals surface area contributed by atoms with Crippen LogP contribution in [0.5, 0.6) is 0 Å². The molecule has 16 heavy (non-hydrogen) atoms. The highest BCUT2D eigenvalue weighted by Crippen LogP contribution is 2.18. The van der Waals surface area contributed by atoms with Crippen LogP contribution in [0.4, 0.5) is 0 Å². The lowest BCUT2D eigenvalue weighted by Crippen LogP contribution is -2.14. The lowest BCUT2D eigenvalue weighted by molar-refractivity contribution is 0.575. The lowest BCUT2D eigenvalue weighted by Gasteiger charge is -2.11. The monoisotopic (exact) mass is 234 g/mol. The second kappa shape index (κ2) is 5.32.